The quantitative estimate of drug-likeness (QED) is 0.654. The molecule has 0 fully saturated rings. The molecule has 140 valence electrons. The molecule has 0 spiro atoms. The Morgan fingerprint density at radius 2 is 1.67 bits per heavy atom. The van der Waals surface area contributed by atoms with Crippen LogP contribution < -0.4 is 5.32 Å². The molecule has 3 rings (SSSR count). The van der Waals surface area contributed by atoms with Crippen molar-refractivity contribution in [2.24, 2.45) is 0 Å². The van der Waals surface area contributed by atoms with E-state index in [1.54, 1.807) is 13.0 Å². The van der Waals surface area contributed by atoms with Crippen molar-refractivity contribution in [3.05, 3.63) is 59.4 Å². The molecule has 8 heteroatoms. The number of benzene rings is 2. The highest BCUT2D eigenvalue weighted by Crippen LogP contribution is 2.29. The lowest BCUT2D eigenvalue weighted by molar-refractivity contribution is -0.123. The fourth-order valence-electron chi connectivity index (χ4n) is 2.55. The number of carbonyl (C=O) groups is 2. The summed E-state index contributed by atoms with van der Waals surface area (Å²) in [5, 5.41) is 9.83. The minimum atomic E-state index is -0.706. The zero-order valence-corrected chi connectivity index (χ0v) is 14.4. The number of halogens is 3. The van der Waals surface area contributed by atoms with Crippen LogP contribution in [0, 0.1) is 24.4 Å². The number of carbonyl (C=O) groups excluding carboxylic acids is 1. The second kappa shape index (κ2) is 8.31. The summed E-state index contributed by atoms with van der Waals surface area (Å²) in [7, 11) is 0. The van der Waals surface area contributed by atoms with Gasteiger partial charge in [0, 0.05) is 23.9 Å². The highest BCUT2D eigenvalue weighted by atomic mass is 19.1. The second-order valence-electron chi connectivity index (χ2n) is 5.62. The summed E-state index contributed by atoms with van der Waals surface area (Å²) in [5.74, 6) is -2.40. The zero-order chi connectivity index (χ0) is 20.1. The van der Waals surface area contributed by atoms with Gasteiger partial charge >= 0.3 is 0 Å². The van der Waals surface area contributed by atoms with Gasteiger partial charge in [-0.3, -0.25) is 9.59 Å². The van der Waals surface area contributed by atoms with Crippen LogP contribution in [0.1, 0.15) is 12.5 Å². The standard InChI is InChI=1S/C18H13F3N2O.CH2O2/c1-9-3-16(11-4-12(19)6-13(20)5-11)23-17-8-18(22-10(2)24)15(21)7-14(9)17;2-1-3/h3-8H,1-2H3,(H,22,24);1H,(H,2,3). The molecular weight excluding hydrogens is 361 g/mol. The van der Waals surface area contributed by atoms with Crippen molar-refractivity contribution in [2.45, 2.75) is 13.8 Å². The van der Waals surface area contributed by atoms with Gasteiger partial charge in [0.05, 0.1) is 16.9 Å². The Morgan fingerprint density at radius 3 is 2.22 bits per heavy atom. The van der Waals surface area contributed by atoms with Crippen LogP contribution in [0.3, 0.4) is 0 Å². The normalized spacial score (nSPS) is 10.1. The van der Waals surface area contributed by atoms with Crippen LogP contribution >= 0.6 is 0 Å². The lowest BCUT2D eigenvalue weighted by Crippen LogP contribution is -2.07. The van der Waals surface area contributed by atoms with E-state index in [0.717, 1.165) is 6.07 Å². The molecule has 0 radical (unpaired) electrons. The number of nitrogens with one attached hydrogen (secondary N) is 1. The summed E-state index contributed by atoms with van der Waals surface area (Å²) in [6.45, 7) is 2.77. The molecule has 0 aliphatic heterocycles. The maximum absolute atomic E-state index is 14.0. The average Bonchev–Trinajstić information content (AvgIpc) is 2.55. The molecule has 2 N–H and O–H groups in total. The average molecular weight is 376 g/mol. The first-order chi connectivity index (χ1) is 12.7. The van der Waals surface area contributed by atoms with E-state index in [1.807, 2.05) is 0 Å². The lowest BCUT2D eigenvalue weighted by atomic mass is 10.0. The molecule has 2 aromatic carbocycles. The maximum Gasteiger partial charge on any atom is 0.290 e. The number of hydrogen-bond acceptors (Lipinski definition) is 3. The Hall–Kier alpha value is -3.42. The Labute approximate surface area is 152 Å². The van der Waals surface area contributed by atoms with Crippen LogP contribution in [0.4, 0.5) is 18.9 Å². The molecule has 0 unspecified atom stereocenters. The van der Waals surface area contributed by atoms with E-state index in [-0.39, 0.29) is 17.7 Å². The third kappa shape index (κ3) is 4.81. The minimum Gasteiger partial charge on any atom is -0.483 e. The first-order valence-electron chi connectivity index (χ1n) is 7.68. The number of nitrogens with zero attached hydrogens (tertiary/aromatic N) is 1. The van der Waals surface area contributed by atoms with Crippen LogP contribution in [0.2, 0.25) is 0 Å². The number of aryl methyl sites for hydroxylation is 1. The fraction of sp³-hybridized carbons (Fsp3) is 0.105. The molecule has 0 aliphatic carbocycles. The molecule has 5 nitrogen and oxygen atoms in total. The van der Waals surface area contributed by atoms with Crippen molar-refractivity contribution >= 4 is 29.0 Å². The molecule has 1 amide bonds. The van der Waals surface area contributed by atoms with Gasteiger partial charge in [0.15, 0.2) is 0 Å². The molecule has 3 aromatic rings. The largest absolute Gasteiger partial charge is 0.483 e. The lowest BCUT2D eigenvalue weighted by Gasteiger charge is -2.10. The smallest absolute Gasteiger partial charge is 0.290 e. The van der Waals surface area contributed by atoms with Gasteiger partial charge in [-0.05, 0) is 42.8 Å². The number of hydrogen-bond donors (Lipinski definition) is 2. The second-order valence-corrected chi connectivity index (χ2v) is 5.62. The monoisotopic (exact) mass is 376 g/mol. The number of anilines is 1. The Morgan fingerprint density at radius 1 is 1.07 bits per heavy atom. The summed E-state index contributed by atoms with van der Waals surface area (Å²) in [4.78, 5) is 23.9. The number of amides is 1. The summed E-state index contributed by atoms with van der Waals surface area (Å²) in [5.41, 5.74) is 1.76. The minimum absolute atomic E-state index is 0.00414. The Bertz CT molecular complexity index is 1000. The van der Waals surface area contributed by atoms with Crippen molar-refractivity contribution < 1.29 is 27.9 Å². The van der Waals surface area contributed by atoms with Crippen LogP contribution in [-0.4, -0.2) is 22.5 Å². The first-order valence-corrected chi connectivity index (χ1v) is 7.68. The van der Waals surface area contributed by atoms with Crippen LogP contribution in [0.15, 0.2) is 36.4 Å². The van der Waals surface area contributed by atoms with Crippen LogP contribution in [0.5, 0.6) is 0 Å². The summed E-state index contributed by atoms with van der Waals surface area (Å²) in [6.07, 6.45) is 0. The first kappa shape index (κ1) is 19.9. The van der Waals surface area contributed by atoms with Gasteiger partial charge in [-0.25, -0.2) is 18.2 Å². The summed E-state index contributed by atoms with van der Waals surface area (Å²) < 4.78 is 40.9. The van der Waals surface area contributed by atoms with Gasteiger partial charge in [0.25, 0.3) is 6.47 Å². The van der Waals surface area contributed by atoms with Gasteiger partial charge in [0.2, 0.25) is 5.91 Å². The summed E-state index contributed by atoms with van der Waals surface area (Å²) in [6, 6.07) is 7.44. The van der Waals surface area contributed by atoms with Crippen LogP contribution in [-0.2, 0) is 9.59 Å². The van der Waals surface area contributed by atoms with E-state index in [4.69, 9.17) is 9.90 Å². The third-order valence-corrected chi connectivity index (χ3v) is 3.57. The SMILES string of the molecule is CC(=O)Nc1cc2nc(-c3cc(F)cc(F)c3)cc(C)c2cc1F.O=CO. The molecule has 1 heterocycles. The molecule has 0 saturated carbocycles. The van der Waals surface area contributed by atoms with E-state index < -0.39 is 23.4 Å². The molecular formula is C19H15F3N2O3. The number of pyridine rings is 1. The molecule has 0 aliphatic rings. The Balaban J connectivity index is 0.000000817. The molecule has 0 bridgehead atoms. The van der Waals surface area contributed by atoms with Crippen molar-refractivity contribution in [2.75, 3.05) is 5.32 Å². The van der Waals surface area contributed by atoms with E-state index >= 15 is 0 Å². The number of fused-ring (bicyclic) bond motifs is 1. The van der Waals surface area contributed by atoms with Gasteiger partial charge < -0.3 is 10.4 Å². The summed E-state index contributed by atoms with van der Waals surface area (Å²) >= 11 is 0. The van der Waals surface area contributed by atoms with Gasteiger partial charge in [-0.15, -0.1) is 0 Å². The van der Waals surface area contributed by atoms with E-state index in [0.29, 0.717) is 22.2 Å². The third-order valence-electron chi connectivity index (χ3n) is 3.57. The van der Waals surface area contributed by atoms with Crippen molar-refractivity contribution in [3.63, 3.8) is 0 Å². The van der Waals surface area contributed by atoms with Crippen molar-refractivity contribution in [3.8, 4) is 11.3 Å². The highest BCUT2D eigenvalue weighted by Gasteiger charge is 2.12. The fourth-order valence-corrected chi connectivity index (χ4v) is 2.55. The van der Waals surface area contributed by atoms with Gasteiger partial charge in [0.1, 0.15) is 17.5 Å². The number of carboxylic acid groups (broad SMARTS) is 1. The molecule has 27 heavy (non-hydrogen) atoms. The topological polar surface area (TPSA) is 79.3 Å². The number of rotatable bonds is 2. The number of aromatic nitrogens is 1. The van der Waals surface area contributed by atoms with E-state index in [1.165, 1.54) is 31.2 Å². The van der Waals surface area contributed by atoms with Crippen molar-refractivity contribution in [1.82, 2.24) is 4.98 Å². The molecule has 0 atom stereocenters. The van der Waals surface area contributed by atoms with Crippen molar-refractivity contribution in [1.29, 1.82) is 0 Å². The van der Waals surface area contributed by atoms with Gasteiger partial charge in [-0.1, -0.05) is 0 Å². The maximum atomic E-state index is 14.0. The Kier molecular flexibility index (Phi) is 6.12. The predicted molar refractivity (Wildman–Crippen MR) is 94.8 cm³/mol. The van der Waals surface area contributed by atoms with E-state index in [2.05, 4.69) is 10.3 Å². The van der Waals surface area contributed by atoms with Gasteiger partial charge in [-0.2, -0.15) is 0 Å². The van der Waals surface area contributed by atoms with Crippen LogP contribution in [0.25, 0.3) is 22.2 Å². The highest BCUT2D eigenvalue weighted by molar-refractivity contribution is 5.93. The predicted octanol–water partition coefficient (Wildman–Crippen LogP) is 4.29. The van der Waals surface area contributed by atoms with E-state index in [9.17, 15) is 18.0 Å². The molecule has 1 aromatic heterocycles. The zero-order valence-electron chi connectivity index (χ0n) is 14.4. The molecule has 0 saturated heterocycles.